The highest BCUT2D eigenvalue weighted by Crippen LogP contribution is 2.51. The first-order chi connectivity index (χ1) is 59.0. The van der Waals surface area contributed by atoms with Crippen molar-refractivity contribution in [1.29, 1.82) is 0 Å². The molecule has 0 spiro atoms. The fourth-order valence-electron chi connectivity index (χ4n) is 16.3. The average Bonchev–Trinajstić information content (AvgIpc) is 1.73. The first-order valence-corrected chi connectivity index (χ1v) is 45.9. The van der Waals surface area contributed by atoms with E-state index in [1.807, 2.05) is 19.1 Å². The van der Waals surface area contributed by atoms with Gasteiger partial charge in [-0.1, -0.05) is 65.5 Å². The van der Waals surface area contributed by atoms with E-state index in [4.69, 9.17) is 82.8 Å². The van der Waals surface area contributed by atoms with Crippen LogP contribution in [0.5, 0.6) is 28.7 Å². The molecule has 8 aromatic rings. The van der Waals surface area contributed by atoms with E-state index in [1.54, 1.807) is 125 Å². The number of guanidine groups is 4. The highest BCUT2D eigenvalue weighted by Gasteiger charge is 2.57. The Bertz CT molecular complexity index is 6400. The van der Waals surface area contributed by atoms with Crippen LogP contribution in [0, 0.1) is 25.8 Å². The number of aliphatic imine (C=N–C) groups is 4. The van der Waals surface area contributed by atoms with E-state index < -0.39 is 83.2 Å². The largest absolute Gasteiger partial charge is 0.493 e. The topological polar surface area (TPSA) is 473 Å². The van der Waals surface area contributed by atoms with Gasteiger partial charge in [0.25, 0.3) is 0 Å². The third-order valence-electron chi connectivity index (χ3n) is 23.3. The number of nitrogens with zero attached hydrogens (tertiary/aromatic N) is 13. The molecule has 8 aliphatic rings. The number of Topliss-reactive ketones (excluding diaryl/α,β-unsaturated/α-hetero) is 4. The number of pyridine rings is 4. The normalized spacial score (nSPS) is 24.0. The van der Waals surface area contributed by atoms with Gasteiger partial charge < -0.3 is 46.6 Å². The Morgan fingerprint density at radius 3 is 1.07 bits per heavy atom. The lowest BCUT2D eigenvalue weighted by molar-refractivity contribution is 0.0980. The van der Waals surface area contributed by atoms with Gasteiger partial charge in [-0.3, -0.25) is 29.1 Å². The maximum Gasteiger partial charge on any atom is 0.242 e. The summed E-state index contributed by atoms with van der Waals surface area (Å²) in [5.74, 6) is 3.81. The van der Waals surface area contributed by atoms with Gasteiger partial charge in [-0.05, 0) is 141 Å². The number of carbonyl (C=O) groups excluding carboxylic acids is 4. The highest BCUT2D eigenvalue weighted by molar-refractivity contribution is 7.91. The Morgan fingerprint density at radius 2 is 0.784 bits per heavy atom. The van der Waals surface area contributed by atoms with E-state index in [2.05, 4.69) is 50.7 Å². The van der Waals surface area contributed by atoms with Crippen LogP contribution < -0.4 is 46.6 Å². The third kappa shape index (κ3) is 17.5. The van der Waals surface area contributed by atoms with Gasteiger partial charge in [0, 0.05) is 120 Å². The Morgan fingerprint density at radius 1 is 0.464 bits per heavy atom. The number of aryl methyl sites for hydroxylation is 1. The number of carbonyl (C=O) groups is 4. The Hall–Kier alpha value is -12.3. The van der Waals surface area contributed by atoms with E-state index in [0.717, 1.165) is 28.3 Å². The number of halogens is 2. The van der Waals surface area contributed by atoms with Gasteiger partial charge in [0.2, 0.25) is 69.6 Å². The van der Waals surface area contributed by atoms with Crippen LogP contribution in [0.1, 0.15) is 145 Å². The van der Waals surface area contributed by atoms with Crippen molar-refractivity contribution in [3.63, 3.8) is 0 Å². The van der Waals surface area contributed by atoms with Crippen molar-refractivity contribution < 1.29 is 76.5 Å². The number of hydrogen-bond acceptors (Lipinski definition) is 29. The summed E-state index contributed by atoms with van der Waals surface area (Å²) in [4.78, 5) is 88.9. The van der Waals surface area contributed by atoms with Crippen LogP contribution in [0.25, 0.3) is 4.85 Å². The van der Waals surface area contributed by atoms with Gasteiger partial charge in [0.1, 0.15) is 101 Å². The molecule has 654 valence electrons. The summed E-state index contributed by atoms with van der Waals surface area (Å²) in [7, 11) is -9.31. The van der Waals surface area contributed by atoms with E-state index in [-0.39, 0.29) is 153 Å². The fraction of sp³-hybridized carbons (Fsp3) is 0.353. The van der Waals surface area contributed by atoms with Crippen molar-refractivity contribution in [2.24, 2.45) is 42.9 Å². The van der Waals surface area contributed by atoms with Crippen molar-refractivity contribution in [2.75, 3.05) is 61.2 Å². The van der Waals surface area contributed by atoms with Crippen LogP contribution in [0.2, 0.25) is 10.0 Å². The van der Waals surface area contributed by atoms with E-state index in [9.17, 15) is 52.8 Å². The number of ether oxygens (including phenoxy) is 5. The molecule has 125 heavy (non-hydrogen) atoms. The van der Waals surface area contributed by atoms with Gasteiger partial charge in [-0.15, -0.1) is 6.42 Å². The van der Waals surface area contributed by atoms with E-state index in [0.29, 0.717) is 84.1 Å². The van der Waals surface area contributed by atoms with Crippen molar-refractivity contribution in [2.45, 2.75) is 129 Å². The second kappa shape index (κ2) is 35.0. The zero-order valence-corrected chi connectivity index (χ0v) is 74.1. The number of ketones is 4. The van der Waals surface area contributed by atoms with Gasteiger partial charge in [-0.2, -0.15) is 0 Å². The molecule has 16 rings (SSSR count). The molecular weight excluding hydrogens is 1730 g/mol. The number of hydrogen-bond donors (Lipinski definition) is 4. The lowest BCUT2D eigenvalue weighted by Crippen LogP contribution is -2.56. The fourth-order valence-corrected chi connectivity index (χ4v) is 24.1. The summed E-state index contributed by atoms with van der Waals surface area (Å²) in [6.45, 7) is 16.9. The van der Waals surface area contributed by atoms with Crippen LogP contribution >= 0.6 is 23.2 Å². The minimum Gasteiger partial charge on any atom is -0.493 e. The van der Waals surface area contributed by atoms with Gasteiger partial charge in [-0.25, -0.2) is 85.7 Å². The quantitative estimate of drug-likeness (QED) is 0.0454. The molecule has 8 atom stereocenters. The average molecular weight is 1820 g/mol. The molecule has 0 bridgehead atoms. The number of sulfonamides is 4. The molecule has 12 heterocycles. The minimum absolute atomic E-state index is 0.00816. The summed E-state index contributed by atoms with van der Waals surface area (Å²) >= 11 is 12.0. The Kier molecular flexibility index (Phi) is 25.3. The number of aromatic nitrogens is 4. The Labute approximate surface area is 733 Å². The molecule has 0 radical (unpaired) electrons. The first-order valence-electron chi connectivity index (χ1n) is 39.1. The number of benzene rings is 4. The lowest BCUT2D eigenvalue weighted by Gasteiger charge is -2.40. The minimum atomic E-state index is -3.73. The molecule has 4 aromatic heterocycles. The van der Waals surface area contributed by atoms with Crippen LogP contribution in [0.15, 0.2) is 160 Å². The Balaban J connectivity index is 0.000000143. The molecule has 0 saturated carbocycles. The first kappa shape index (κ1) is 90.4. The number of terminal acetylenes is 1. The second-order valence-electron chi connectivity index (χ2n) is 31.3. The molecule has 4 aromatic carbocycles. The van der Waals surface area contributed by atoms with Crippen LogP contribution in [-0.4, -0.2) is 200 Å². The standard InChI is InChI=1S/C23H24N4O5S.C21H21N5O4S.C21H24N4O4S.C20H20Cl2N4O4S/c1-4-10-31-16-6-7-18(25-14-16)19(28)13-15-5-8-20-17(12-15)23(2)21(9-11-32-20)33(29,30)27(3)22(24)26-23;1-21-15-10-13(11-17(27)16-6-5-14(23-2)12-24-16)4-7-18(15)30-9-8-19(21)31(28,29)26(3)20(22)25-21;1-13-4-6-16(23-12-13)17(26)11-14-5-7-18-15(10-14)21(2)19(8-9-29-18)30(27,28)25(3)20(22)24-21;1-20-13-7-11(8-15(27)18-14(22)9-12(21)10-24-18)3-4-16(13)30-6-5-17(20)31(28,29)26(2)19(23)25-20/h1,5-8,12,14,21H,9-11,13H2,2-3H3,(H2,24,26);4-7,10,12,19H,8-9,11H2,1,3H3,(H2,22,25);4-7,10,12,19H,8-9,11H2,1-3H3,(H2,22,24);3-4,7,9-10,17H,5-6,8H2,1-2H3,(H2,23,25)/t21-,23-;19-,21-;19-,21+;17-,20+/m1100/s1. The van der Waals surface area contributed by atoms with Crippen molar-refractivity contribution >= 4 is 116 Å². The van der Waals surface area contributed by atoms with Gasteiger partial charge >= 0.3 is 0 Å². The molecule has 34 nitrogen and oxygen atoms in total. The molecule has 0 amide bonds. The smallest absolute Gasteiger partial charge is 0.242 e. The van der Waals surface area contributed by atoms with Crippen LogP contribution in [-0.2, 0) is 87.9 Å². The molecule has 40 heteroatoms. The van der Waals surface area contributed by atoms with Crippen LogP contribution in [0.3, 0.4) is 0 Å². The zero-order chi connectivity index (χ0) is 90.4. The predicted octanol–water partition coefficient (Wildman–Crippen LogP) is 8.03. The number of fused-ring (bicyclic) bond motifs is 12. The molecule has 8 aliphatic heterocycles. The van der Waals surface area contributed by atoms with Gasteiger partial charge in [0.05, 0.1) is 49.2 Å². The number of nitrogens with two attached hydrogens (primary N) is 4. The molecule has 0 fully saturated rings. The molecule has 0 unspecified atom stereocenters. The maximum absolute atomic E-state index is 13.1. The third-order valence-corrected chi connectivity index (χ3v) is 33.2. The summed E-state index contributed by atoms with van der Waals surface area (Å²) in [6.07, 6.45) is 12.3. The summed E-state index contributed by atoms with van der Waals surface area (Å²) < 4.78 is 137. The molecule has 8 N–H and O–H groups in total. The maximum atomic E-state index is 13.1. The van der Waals surface area contributed by atoms with Crippen LogP contribution in [0.4, 0.5) is 5.69 Å². The lowest BCUT2D eigenvalue weighted by atomic mass is 9.85. The molecule has 0 aliphatic carbocycles. The van der Waals surface area contributed by atoms with Crippen molar-refractivity contribution in [3.05, 3.63) is 234 Å². The van der Waals surface area contributed by atoms with E-state index >= 15 is 0 Å². The van der Waals surface area contributed by atoms with Crippen molar-refractivity contribution in [3.8, 4) is 41.1 Å². The monoisotopic (exact) mass is 1820 g/mol. The molecular formula is C85H89Cl2N17O17S4. The predicted molar refractivity (Wildman–Crippen MR) is 468 cm³/mol. The summed E-state index contributed by atoms with van der Waals surface area (Å²) in [6, 6.07) is 32.4. The van der Waals surface area contributed by atoms with Crippen molar-refractivity contribution in [1.82, 2.24) is 37.2 Å². The summed E-state index contributed by atoms with van der Waals surface area (Å²) in [5.41, 5.74) is 26.7. The van der Waals surface area contributed by atoms with E-state index in [1.165, 1.54) is 58.9 Å². The highest BCUT2D eigenvalue weighted by atomic mass is 35.5. The number of rotatable bonds is 14. The summed E-state index contributed by atoms with van der Waals surface area (Å²) in [5, 5.41) is -2.84. The molecule has 0 saturated heterocycles. The zero-order valence-electron chi connectivity index (χ0n) is 69.3. The SMILES string of the molecule is C#CCOc1ccc(C(=O)Cc2ccc3c(c2)[C@@]2(C)N=C(N)N(C)S(=O)(=O)[C@@H]2CCO3)nc1.CN1C(N)=N[C@]2(C)c3cc(CC(=O)c4ncc(Cl)cc4Cl)ccc3OCC[C@@H]2S1(=O)=O.Cc1ccc(C(=O)Cc2ccc3c(c2)[C@@]2(C)N=C(N)N(C)S(=O)(=O)[C@H]2CCO3)nc1.[C-]#[N+]c1ccc(C(=O)Cc2ccc3c(c2)[C@@]2(C)N=C(N)N(C)S(=O)(=O)[C@@H]2CCO3)nc1. The van der Waals surface area contributed by atoms with Gasteiger partial charge in [0.15, 0.2) is 23.1 Å². The second-order valence-corrected chi connectivity index (χ2v) is 40.8.